The molecule has 0 aromatic heterocycles. The second-order valence-corrected chi connectivity index (χ2v) is 2.96. The summed E-state index contributed by atoms with van der Waals surface area (Å²) in [6, 6.07) is 0. The molecule has 0 saturated heterocycles. The number of rotatable bonds is 3. The van der Waals surface area contributed by atoms with Crippen LogP contribution >= 0.6 is 24.6 Å². The van der Waals surface area contributed by atoms with Crippen molar-refractivity contribution < 1.29 is 0 Å². The van der Waals surface area contributed by atoms with Gasteiger partial charge in [-0.05, 0) is 19.2 Å². The van der Waals surface area contributed by atoms with Gasteiger partial charge in [0.2, 0.25) is 0 Å². The van der Waals surface area contributed by atoms with Crippen LogP contribution in [0.2, 0.25) is 0 Å². The van der Waals surface area contributed by atoms with E-state index in [1.54, 1.807) is 11.8 Å². The van der Waals surface area contributed by atoms with Gasteiger partial charge in [0.15, 0.2) is 5.17 Å². The Balaban J connectivity index is 3.07. The predicted molar refractivity (Wildman–Crippen MR) is 48.0 cm³/mol. The zero-order chi connectivity index (χ0) is 7.11. The van der Waals surface area contributed by atoms with Crippen molar-refractivity contribution in [1.29, 1.82) is 0 Å². The fourth-order valence-corrected chi connectivity index (χ4v) is 1.22. The highest BCUT2D eigenvalue weighted by Crippen LogP contribution is 2.04. The van der Waals surface area contributed by atoms with Gasteiger partial charge in [-0.15, -0.1) is 0 Å². The van der Waals surface area contributed by atoms with Gasteiger partial charge >= 0.3 is 0 Å². The first-order valence-electron chi connectivity index (χ1n) is 2.91. The molecule has 2 nitrogen and oxygen atoms in total. The average Bonchev–Trinajstić information content (AvgIpc) is 1.89. The van der Waals surface area contributed by atoms with Crippen LogP contribution in [0.5, 0.6) is 0 Å². The quantitative estimate of drug-likeness (QED) is 0.288. The van der Waals surface area contributed by atoms with Crippen LogP contribution in [-0.2, 0) is 0 Å². The van der Waals surface area contributed by atoms with Gasteiger partial charge in [0.1, 0.15) is 0 Å². The molecule has 0 aromatic rings. The summed E-state index contributed by atoms with van der Waals surface area (Å²) < 4.78 is 3.51. The summed E-state index contributed by atoms with van der Waals surface area (Å²) in [6.45, 7) is 2.15. The zero-order valence-electron chi connectivity index (χ0n) is 5.50. The molecule has 2 N–H and O–H groups in total. The summed E-state index contributed by atoms with van der Waals surface area (Å²) in [7, 11) is 0. The Labute approximate surface area is 65.8 Å². The van der Waals surface area contributed by atoms with E-state index in [1.807, 2.05) is 0 Å². The van der Waals surface area contributed by atoms with Gasteiger partial charge in [-0.2, -0.15) is 4.40 Å². The molecule has 0 fully saturated rings. The van der Waals surface area contributed by atoms with Crippen LogP contribution in [0.25, 0.3) is 0 Å². The van der Waals surface area contributed by atoms with E-state index in [4.69, 9.17) is 5.73 Å². The molecule has 0 rings (SSSR count). The molecule has 0 saturated carbocycles. The third-order valence-electron chi connectivity index (χ3n) is 0.846. The Bertz CT molecular complexity index is 93.0. The Morgan fingerprint density at radius 1 is 1.78 bits per heavy atom. The standard InChI is InChI=1S/C5H12N2S2/c1-2-3-4-9-5(6)7-8/h8H,2-4H2,1H3,(H2,6,7). The molecule has 0 radical (unpaired) electrons. The van der Waals surface area contributed by atoms with Crippen LogP contribution in [0.4, 0.5) is 0 Å². The largest absolute Gasteiger partial charge is 0.378 e. The van der Waals surface area contributed by atoms with Crippen LogP contribution in [-0.4, -0.2) is 10.9 Å². The van der Waals surface area contributed by atoms with Crippen molar-refractivity contribution >= 4 is 29.7 Å². The van der Waals surface area contributed by atoms with Crippen LogP contribution in [0.1, 0.15) is 19.8 Å². The van der Waals surface area contributed by atoms with E-state index in [0.717, 1.165) is 5.75 Å². The number of unbranched alkanes of at least 4 members (excludes halogenated alkanes) is 1. The lowest BCUT2D eigenvalue weighted by Gasteiger charge is -1.94. The maximum atomic E-state index is 5.35. The molecule has 0 aliphatic rings. The van der Waals surface area contributed by atoms with Gasteiger partial charge in [0.25, 0.3) is 0 Å². The van der Waals surface area contributed by atoms with Crippen molar-refractivity contribution in [3.05, 3.63) is 0 Å². The van der Waals surface area contributed by atoms with E-state index in [1.165, 1.54) is 12.8 Å². The molecule has 0 bridgehead atoms. The molecule has 4 heteroatoms. The minimum Gasteiger partial charge on any atom is -0.378 e. The molecule has 0 aromatic carbocycles. The van der Waals surface area contributed by atoms with Crippen LogP contribution in [0.3, 0.4) is 0 Å². The lowest BCUT2D eigenvalue weighted by Crippen LogP contribution is -2.05. The first kappa shape index (κ1) is 9.17. The molecule has 0 heterocycles. The molecular weight excluding hydrogens is 152 g/mol. The fourth-order valence-electron chi connectivity index (χ4n) is 0.350. The van der Waals surface area contributed by atoms with E-state index in [2.05, 4.69) is 24.1 Å². The number of hydrogen-bond acceptors (Lipinski definition) is 3. The normalized spacial score (nSPS) is 12.0. The second kappa shape index (κ2) is 6.29. The van der Waals surface area contributed by atoms with E-state index in [-0.39, 0.29) is 0 Å². The van der Waals surface area contributed by atoms with Crippen molar-refractivity contribution in [2.75, 3.05) is 5.75 Å². The van der Waals surface area contributed by atoms with Crippen molar-refractivity contribution in [2.45, 2.75) is 19.8 Å². The third kappa shape index (κ3) is 6.05. The Morgan fingerprint density at radius 3 is 2.89 bits per heavy atom. The van der Waals surface area contributed by atoms with Crippen molar-refractivity contribution in [3.8, 4) is 0 Å². The van der Waals surface area contributed by atoms with E-state index in [0.29, 0.717) is 5.17 Å². The minimum atomic E-state index is 0.562. The summed E-state index contributed by atoms with van der Waals surface area (Å²) in [5.41, 5.74) is 5.35. The number of nitrogens with two attached hydrogens (primary N) is 1. The highest BCUT2D eigenvalue weighted by molar-refractivity contribution is 8.14. The first-order valence-corrected chi connectivity index (χ1v) is 4.30. The van der Waals surface area contributed by atoms with E-state index >= 15 is 0 Å². The van der Waals surface area contributed by atoms with Gasteiger partial charge in [0, 0.05) is 5.75 Å². The Morgan fingerprint density at radius 2 is 2.44 bits per heavy atom. The second-order valence-electron chi connectivity index (χ2n) is 1.64. The molecule has 0 aliphatic heterocycles. The highest BCUT2D eigenvalue weighted by Gasteiger charge is 1.89. The summed E-state index contributed by atoms with van der Waals surface area (Å²) >= 11 is 5.21. The summed E-state index contributed by atoms with van der Waals surface area (Å²) in [5.74, 6) is 1.05. The predicted octanol–water partition coefficient (Wildman–Crippen LogP) is 1.68. The average molecular weight is 164 g/mol. The lowest BCUT2D eigenvalue weighted by molar-refractivity contribution is 0.898. The minimum absolute atomic E-state index is 0.562. The van der Waals surface area contributed by atoms with Crippen LogP contribution in [0.15, 0.2) is 4.40 Å². The van der Waals surface area contributed by atoms with Crippen molar-refractivity contribution in [2.24, 2.45) is 10.1 Å². The van der Waals surface area contributed by atoms with Crippen LogP contribution < -0.4 is 5.73 Å². The topological polar surface area (TPSA) is 38.4 Å². The molecular formula is C5H12N2S2. The Hall–Kier alpha value is 0.170. The van der Waals surface area contributed by atoms with Gasteiger partial charge < -0.3 is 5.73 Å². The van der Waals surface area contributed by atoms with Crippen LogP contribution in [0, 0.1) is 0 Å². The number of thioether (sulfide) groups is 1. The Kier molecular flexibility index (Phi) is 6.41. The van der Waals surface area contributed by atoms with Gasteiger partial charge in [0.05, 0.1) is 0 Å². The lowest BCUT2D eigenvalue weighted by atomic mass is 10.4. The maximum absolute atomic E-state index is 5.35. The monoisotopic (exact) mass is 164 g/mol. The number of nitrogens with zero attached hydrogens (tertiary/aromatic N) is 1. The summed E-state index contributed by atoms with van der Waals surface area (Å²) in [5, 5.41) is 0.562. The number of thiol groups is 1. The SMILES string of the molecule is CCCCSC(N)=NS. The van der Waals surface area contributed by atoms with Crippen molar-refractivity contribution in [3.63, 3.8) is 0 Å². The molecule has 0 unspecified atom stereocenters. The van der Waals surface area contributed by atoms with Gasteiger partial charge in [-0.25, -0.2) is 0 Å². The van der Waals surface area contributed by atoms with E-state index in [9.17, 15) is 0 Å². The summed E-state index contributed by atoms with van der Waals surface area (Å²) in [6.07, 6.45) is 2.39. The van der Waals surface area contributed by atoms with Gasteiger partial charge in [-0.1, -0.05) is 25.1 Å². The maximum Gasteiger partial charge on any atom is 0.165 e. The first-order chi connectivity index (χ1) is 4.31. The molecule has 0 atom stereocenters. The fraction of sp³-hybridized carbons (Fsp3) is 0.800. The molecule has 54 valence electrons. The zero-order valence-corrected chi connectivity index (χ0v) is 7.21. The smallest absolute Gasteiger partial charge is 0.165 e. The third-order valence-corrected chi connectivity index (χ3v) is 2.08. The van der Waals surface area contributed by atoms with Gasteiger partial charge in [-0.3, -0.25) is 0 Å². The highest BCUT2D eigenvalue weighted by atomic mass is 32.2. The number of hydrogen-bond donors (Lipinski definition) is 2. The molecule has 0 aliphatic carbocycles. The summed E-state index contributed by atoms with van der Waals surface area (Å²) in [4.78, 5) is 0. The molecule has 0 amide bonds. The molecule has 0 spiro atoms. The number of amidine groups is 1. The van der Waals surface area contributed by atoms with Crippen molar-refractivity contribution in [1.82, 2.24) is 0 Å². The molecule has 9 heavy (non-hydrogen) atoms. The van der Waals surface area contributed by atoms with E-state index < -0.39 is 0 Å².